The van der Waals surface area contributed by atoms with Crippen LogP contribution in [-0.4, -0.2) is 35.0 Å². The summed E-state index contributed by atoms with van der Waals surface area (Å²) < 4.78 is 17.2. The number of ether oxygens (including phenoxy) is 2. The zero-order valence-electron chi connectivity index (χ0n) is 13.6. The molecule has 0 N–H and O–H groups in total. The van der Waals surface area contributed by atoms with E-state index in [1.54, 1.807) is 0 Å². The van der Waals surface area contributed by atoms with E-state index in [2.05, 4.69) is 24.8 Å². The minimum absolute atomic E-state index is 0.497. The lowest BCUT2D eigenvalue weighted by Crippen LogP contribution is -2.40. The van der Waals surface area contributed by atoms with Crippen LogP contribution in [0.2, 0.25) is 0 Å². The third-order valence-corrected chi connectivity index (χ3v) is 4.70. The van der Waals surface area contributed by atoms with Gasteiger partial charge in [-0.25, -0.2) is 0 Å². The number of rotatable bonds is 11. The molecule has 0 heterocycles. The molecule has 0 saturated heterocycles. The Bertz CT molecular complexity index is 414. The molecule has 1 aromatic rings. The maximum atomic E-state index is 5.86. The topological polar surface area (TPSA) is 27.7 Å². The maximum Gasteiger partial charge on any atom is 0.227 e. The van der Waals surface area contributed by atoms with Crippen molar-refractivity contribution < 1.29 is 13.9 Å². The second-order valence-corrected chi connectivity index (χ2v) is 7.04. The first-order chi connectivity index (χ1) is 10.1. The summed E-state index contributed by atoms with van der Waals surface area (Å²) in [7, 11) is -0.873. The fraction of sp³-hybridized carbons (Fsp3) is 0.529. The highest BCUT2D eigenvalue weighted by Crippen LogP contribution is 2.13. The van der Waals surface area contributed by atoms with E-state index in [-0.39, 0.29) is 0 Å². The normalized spacial score (nSPS) is 12.1. The summed E-state index contributed by atoms with van der Waals surface area (Å²) >= 11 is 0. The maximum absolute atomic E-state index is 5.86. The van der Waals surface area contributed by atoms with Crippen LogP contribution in [0.5, 0.6) is 0 Å². The number of hydrogen-bond donors (Lipinski definition) is 0. The zero-order chi connectivity index (χ0) is 15.6. The van der Waals surface area contributed by atoms with E-state index >= 15 is 0 Å². The molecule has 0 radical (unpaired) electrons. The molecule has 0 atom stereocenters. The van der Waals surface area contributed by atoms with Gasteiger partial charge < -0.3 is 13.9 Å². The van der Waals surface area contributed by atoms with Crippen LogP contribution in [0.3, 0.4) is 0 Å². The number of hydrogen-bond acceptors (Lipinski definition) is 3. The molecule has 3 nitrogen and oxygen atoms in total. The molecule has 0 aliphatic rings. The van der Waals surface area contributed by atoms with Crippen molar-refractivity contribution in [3.63, 3.8) is 0 Å². The molecule has 0 saturated carbocycles. The Morgan fingerprint density at radius 1 is 1.19 bits per heavy atom. The standard InChI is InChI=1S/C17H28O3Si/c1-5-15-11-8-9-12-16(15)13-10-14-20-21-17(4,18-6-2)19-7-3/h5,8-9,11-12H,1,6-7,10,13-14,21H2,2-4H3. The highest BCUT2D eigenvalue weighted by atomic mass is 28.2. The van der Waals surface area contributed by atoms with Gasteiger partial charge in [0.05, 0.1) is 0 Å². The Morgan fingerprint density at radius 3 is 2.48 bits per heavy atom. The summed E-state index contributed by atoms with van der Waals surface area (Å²) in [4.78, 5) is 0. The van der Waals surface area contributed by atoms with Crippen molar-refractivity contribution in [1.29, 1.82) is 0 Å². The van der Waals surface area contributed by atoms with Crippen LogP contribution < -0.4 is 0 Å². The van der Waals surface area contributed by atoms with Crippen molar-refractivity contribution in [2.75, 3.05) is 19.8 Å². The van der Waals surface area contributed by atoms with Crippen molar-refractivity contribution in [2.24, 2.45) is 0 Å². The van der Waals surface area contributed by atoms with Gasteiger partial charge >= 0.3 is 0 Å². The average molecular weight is 308 g/mol. The molecule has 0 aromatic heterocycles. The van der Waals surface area contributed by atoms with Gasteiger partial charge in [-0.05, 0) is 44.7 Å². The van der Waals surface area contributed by atoms with E-state index in [0.717, 1.165) is 19.4 Å². The Balaban J connectivity index is 2.32. The minimum atomic E-state index is -0.873. The molecule has 0 aliphatic carbocycles. The fourth-order valence-electron chi connectivity index (χ4n) is 2.32. The van der Waals surface area contributed by atoms with Crippen LogP contribution in [-0.2, 0) is 20.3 Å². The van der Waals surface area contributed by atoms with Crippen LogP contribution in [0.25, 0.3) is 6.08 Å². The average Bonchev–Trinajstić information content (AvgIpc) is 2.48. The quantitative estimate of drug-likeness (QED) is 0.357. The Kier molecular flexibility index (Phi) is 8.53. The van der Waals surface area contributed by atoms with Crippen molar-refractivity contribution >= 4 is 15.8 Å². The lowest BCUT2D eigenvalue weighted by Gasteiger charge is -2.28. The van der Waals surface area contributed by atoms with Gasteiger partial charge in [-0.3, -0.25) is 0 Å². The molecule has 0 aliphatic heterocycles. The lowest BCUT2D eigenvalue weighted by atomic mass is 10.0. The van der Waals surface area contributed by atoms with E-state index < -0.39 is 15.2 Å². The largest absolute Gasteiger partial charge is 0.418 e. The number of benzene rings is 1. The van der Waals surface area contributed by atoms with Crippen LogP contribution in [0, 0.1) is 0 Å². The minimum Gasteiger partial charge on any atom is -0.418 e. The van der Waals surface area contributed by atoms with Gasteiger partial charge in [-0.2, -0.15) is 0 Å². The van der Waals surface area contributed by atoms with E-state index in [0.29, 0.717) is 13.2 Å². The Hall–Kier alpha value is -0.943. The summed E-state index contributed by atoms with van der Waals surface area (Å²) in [6.07, 6.45) is 3.93. The smallest absolute Gasteiger partial charge is 0.227 e. The Morgan fingerprint density at radius 2 is 1.86 bits per heavy atom. The summed E-state index contributed by atoms with van der Waals surface area (Å²) in [6, 6.07) is 8.36. The molecule has 1 aromatic carbocycles. The molecule has 0 fully saturated rings. The molecular weight excluding hydrogens is 280 g/mol. The molecule has 21 heavy (non-hydrogen) atoms. The van der Waals surface area contributed by atoms with E-state index in [1.807, 2.05) is 32.9 Å². The molecule has 0 unspecified atom stereocenters. The Labute approximate surface area is 131 Å². The summed E-state index contributed by atoms with van der Waals surface area (Å²) in [5.74, 6) is 0. The predicted molar refractivity (Wildman–Crippen MR) is 91.0 cm³/mol. The third-order valence-electron chi connectivity index (χ3n) is 3.27. The zero-order valence-corrected chi connectivity index (χ0v) is 15.0. The van der Waals surface area contributed by atoms with Gasteiger partial charge in [-0.15, -0.1) is 0 Å². The summed E-state index contributed by atoms with van der Waals surface area (Å²) in [5, 5.41) is 0. The molecule has 118 valence electrons. The molecule has 0 spiro atoms. The van der Waals surface area contributed by atoms with E-state index in [9.17, 15) is 0 Å². The van der Waals surface area contributed by atoms with E-state index in [4.69, 9.17) is 13.9 Å². The second kappa shape index (κ2) is 9.90. The molecule has 4 heteroatoms. The summed E-state index contributed by atoms with van der Waals surface area (Å²) in [6.45, 7) is 11.9. The van der Waals surface area contributed by atoms with Crippen LogP contribution in [0.4, 0.5) is 0 Å². The van der Waals surface area contributed by atoms with Crippen molar-refractivity contribution in [3.05, 3.63) is 42.0 Å². The fourth-order valence-corrected chi connectivity index (χ4v) is 3.61. The lowest BCUT2D eigenvalue weighted by molar-refractivity contribution is -0.169. The molecule has 0 amide bonds. The first-order valence-electron chi connectivity index (χ1n) is 7.71. The van der Waals surface area contributed by atoms with Crippen molar-refractivity contribution in [2.45, 2.75) is 39.0 Å². The van der Waals surface area contributed by atoms with Gasteiger partial charge in [0.25, 0.3) is 0 Å². The highest BCUT2D eigenvalue weighted by molar-refractivity contribution is 6.30. The predicted octanol–water partition coefficient (Wildman–Crippen LogP) is 3.11. The highest BCUT2D eigenvalue weighted by Gasteiger charge is 2.25. The molecular formula is C17H28O3Si. The first-order valence-corrected chi connectivity index (χ1v) is 8.99. The van der Waals surface area contributed by atoms with Crippen LogP contribution in [0.15, 0.2) is 30.8 Å². The van der Waals surface area contributed by atoms with Crippen molar-refractivity contribution in [3.8, 4) is 0 Å². The van der Waals surface area contributed by atoms with E-state index in [1.165, 1.54) is 11.1 Å². The summed E-state index contributed by atoms with van der Waals surface area (Å²) in [5.41, 5.74) is 2.04. The van der Waals surface area contributed by atoms with Crippen molar-refractivity contribution in [1.82, 2.24) is 0 Å². The molecule has 0 bridgehead atoms. The first kappa shape index (κ1) is 18.1. The van der Waals surface area contributed by atoms with Gasteiger partial charge in [0.2, 0.25) is 9.76 Å². The van der Waals surface area contributed by atoms with Gasteiger partial charge in [0.15, 0.2) is 5.41 Å². The number of aryl methyl sites for hydroxylation is 1. The third kappa shape index (κ3) is 6.57. The van der Waals surface area contributed by atoms with Crippen LogP contribution >= 0.6 is 0 Å². The monoisotopic (exact) mass is 308 g/mol. The van der Waals surface area contributed by atoms with Gasteiger partial charge in [0.1, 0.15) is 0 Å². The van der Waals surface area contributed by atoms with Gasteiger partial charge in [0, 0.05) is 19.8 Å². The van der Waals surface area contributed by atoms with Gasteiger partial charge in [-0.1, -0.05) is 36.9 Å². The SMILES string of the molecule is C=Cc1ccccc1CCCO[SiH2]C(C)(OCC)OCC. The van der Waals surface area contributed by atoms with Crippen LogP contribution in [0.1, 0.15) is 38.3 Å². The molecule has 1 rings (SSSR count). The second-order valence-electron chi connectivity index (χ2n) is 5.06.